The van der Waals surface area contributed by atoms with Crippen LogP contribution in [0.3, 0.4) is 0 Å². The Balaban J connectivity index is 2.17. The molecule has 5 nitrogen and oxygen atoms in total. The quantitative estimate of drug-likeness (QED) is 0.860. The number of aryl methyl sites for hydroxylation is 3. The first-order valence-electron chi connectivity index (χ1n) is 8.25. The molecule has 0 atom stereocenters. The molecule has 1 aromatic rings. The summed E-state index contributed by atoms with van der Waals surface area (Å²) in [5.41, 5.74) is 3.19. The number of benzene rings is 1. The van der Waals surface area contributed by atoms with Gasteiger partial charge in [0, 0.05) is 12.8 Å². The average molecular weight is 331 g/mol. The van der Waals surface area contributed by atoms with Crippen molar-refractivity contribution in [1.29, 1.82) is 0 Å². The van der Waals surface area contributed by atoms with Crippen molar-refractivity contribution in [3.63, 3.8) is 0 Å². The smallest absolute Gasteiger partial charge is 0.331 e. The number of methoxy groups -OCH3 is 1. The van der Waals surface area contributed by atoms with Gasteiger partial charge in [-0.3, -0.25) is 9.59 Å². The van der Waals surface area contributed by atoms with Gasteiger partial charge in [-0.15, -0.1) is 0 Å². The molecule has 0 heterocycles. The number of ether oxygens (including phenoxy) is 1. The van der Waals surface area contributed by atoms with Gasteiger partial charge in [0.1, 0.15) is 11.3 Å². The van der Waals surface area contributed by atoms with E-state index in [1.807, 2.05) is 32.9 Å². The number of amides is 1. The van der Waals surface area contributed by atoms with E-state index in [1.54, 1.807) is 0 Å². The predicted octanol–water partition coefficient (Wildman–Crippen LogP) is 2.33. The minimum Gasteiger partial charge on any atom is -0.467 e. The van der Waals surface area contributed by atoms with Gasteiger partial charge in [0.15, 0.2) is 0 Å². The maximum Gasteiger partial charge on any atom is 0.331 e. The first kappa shape index (κ1) is 18.2. The van der Waals surface area contributed by atoms with Crippen molar-refractivity contribution < 1.29 is 19.1 Å². The highest BCUT2D eigenvalue weighted by Gasteiger charge is 2.43. The number of hydrogen-bond acceptors (Lipinski definition) is 4. The Morgan fingerprint density at radius 1 is 1.12 bits per heavy atom. The average Bonchev–Trinajstić information content (AvgIpc) is 2.52. The van der Waals surface area contributed by atoms with Gasteiger partial charge in [0.25, 0.3) is 0 Å². The number of hydrogen-bond donors (Lipinski definition) is 1. The van der Waals surface area contributed by atoms with Crippen LogP contribution < -0.4 is 5.32 Å². The monoisotopic (exact) mass is 331 g/mol. The van der Waals surface area contributed by atoms with E-state index in [9.17, 15) is 14.4 Å². The SMILES string of the molecule is COC(=O)C1(NC(=O)Cc2c(C)cc(C)cc2C)CCC(=O)CC1. The van der Waals surface area contributed by atoms with Crippen molar-refractivity contribution >= 4 is 17.7 Å². The Kier molecular flexibility index (Phi) is 5.42. The number of carbonyl (C=O) groups excluding carboxylic acids is 3. The number of nitrogens with one attached hydrogen (secondary N) is 1. The number of Topliss-reactive ketones (excluding diaryl/α,β-unsaturated/α-hetero) is 1. The molecule has 0 bridgehead atoms. The molecule has 5 heteroatoms. The zero-order valence-electron chi connectivity index (χ0n) is 14.8. The number of esters is 1. The van der Waals surface area contributed by atoms with Crippen LogP contribution >= 0.6 is 0 Å². The molecule has 0 aliphatic heterocycles. The third kappa shape index (κ3) is 3.83. The number of rotatable bonds is 4. The highest BCUT2D eigenvalue weighted by molar-refractivity contribution is 5.92. The highest BCUT2D eigenvalue weighted by Crippen LogP contribution is 2.28. The first-order chi connectivity index (χ1) is 11.3. The van der Waals surface area contributed by atoms with Crippen LogP contribution in [0.2, 0.25) is 0 Å². The number of ketones is 1. The standard InChI is InChI=1S/C19H25NO4/c1-12-9-13(2)16(14(3)10-12)11-17(22)20-19(18(23)24-4)7-5-15(21)6-8-19/h9-10H,5-8,11H2,1-4H3,(H,20,22). The van der Waals surface area contributed by atoms with Crippen LogP contribution in [0.1, 0.15) is 47.9 Å². The van der Waals surface area contributed by atoms with Gasteiger partial charge in [0.05, 0.1) is 13.5 Å². The summed E-state index contributed by atoms with van der Waals surface area (Å²) in [4.78, 5) is 36.3. The molecule has 0 saturated heterocycles. The van der Waals surface area contributed by atoms with E-state index in [0.717, 1.165) is 22.3 Å². The molecule has 1 aliphatic carbocycles. The van der Waals surface area contributed by atoms with Gasteiger partial charge in [0.2, 0.25) is 5.91 Å². The maximum atomic E-state index is 12.6. The summed E-state index contributed by atoms with van der Waals surface area (Å²) in [5, 5.41) is 2.86. The van der Waals surface area contributed by atoms with Crippen LogP contribution in [-0.2, 0) is 25.5 Å². The molecule has 0 aromatic heterocycles. The summed E-state index contributed by atoms with van der Waals surface area (Å²) in [5.74, 6) is -0.570. The van der Waals surface area contributed by atoms with Crippen LogP contribution in [0.4, 0.5) is 0 Å². The maximum absolute atomic E-state index is 12.6. The van der Waals surface area contributed by atoms with Crippen LogP contribution in [-0.4, -0.2) is 30.3 Å². The van der Waals surface area contributed by atoms with Crippen LogP contribution in [0.25, 0.3) is 0 Å². The summed E-state index contributed by atoms with van der Waals surface area (Å²) in [6.07, 6.45) is 1.40. The number of carbonyl (C=O) groups is 3. The molecule has 1 N–H and O–H groups in total. The third-order valence-electron chi connectivity index (χ3n) is 4.79. The van der Waals surface area contributed by atoms with Crippen LogP contribution in [0.5, 0.6) is 0 Å². The van der Waals surface area contributed by atoms with Gasteiger partial charge in [-0.05, 0) is 50.3 Å². The lowest BCUT2D eigenvalue weighted by Crippen LogP contribution is -2.57. The molecular weight excluding hydrogens is 306 g/mol. The zero-order valence-corrected chi connectivity index (χ0v) is 14.8. The summed E-state index contributed by atoms with van der Waals surface area (Å²) in [6.45, 7) is 5.99. The molecule has 1 fully saturated rings. The fourth-order valence-electron chi connectivity index (χ4n) is 3.49. The lowest BCUT2D eigenvalue weighted by atomic mass is 9.80. The van der Waals surface area contributed by atoms with Crippen molar-refractivity contribution in [3.05, 3.63) is 34.4 Å². The Hall–Kier alpha value is -2.17. The third-order valence-corrected chi connectivity index (χ3v) is 4.79. The van der Waals surface area contributed by atoms with Gasteiger partial charge < -0.3 is 10.1 Å². The van der Waals surface area contributed by atoms with E-state index in [4.69, 9.17) is 4.74 Å². The van der Waals surface area contributed by atoms with Crippen molar-refractivity contribution in [2.45, 2.75) is 58.4 Å². The summed E-state index contributed by atoms with van der Waals surface area (Å²) >= 11 is 0. The molecule has 0 unspecified atom stereocenters. The minimum atomic E-state index is -1.08. The van der Waals surface area contributed by atoms with Crippen molar-refractivity contribution in [3.8, 4) is 0 Å². The zero-order chi connectivity index (χ0) is 17.9. The Morgan fingerprint density at radius 3 is 2.17 bits per heavy atom. The van der Waals surface area contributed by atoms with Gasteiger partial charge >= 0.3 is 5.97 Å². The van der Waals surface area contributed by atoms with E-state index in [-0.39, 0.29) is 31.0 Å². The predicted molar refractivity (Wildman–Crippen MR) is 90.7 cm³/mol. The van der Waals surface area contributed by atoms with Crippen LogP contribution in [0.15, 0.2) is 12.1 Å². The topological polar surface area (TPSA) is 72.5 Å². The summed E-state index contributed by atoms with van der Waals surface area (Å²) in [6, 6.07) is 4.09. The fraction of sp³-hybridized carbons (Fsp3) is 0.526. The lowest BCUT2D eigenvalue weighted by Gasteiger charge is -2.34. The fourth-order valence-corrected chi connectivity index (χ4v) is 3.49. The molecule has 1 aliphatic rings. The summed E-state index contributed by atoms with van der Waals surface area (Å²) < 4.78 is 4.88. The molecule has 0 radical (unpaired) electrons. The van der Waals surface area contributed by atoms with E-state index in [2.05, 4.69) is 5.32 Å². The van der Waals surface area contributed by atoms with Crippen molar-refractivity contribution in [2.24, 2.45) is 0 Å². The second-order valence-corrected chi connectivity index (χ2v) is 6.71. The van der Waals surface area contributed by atoms with E-state index in [0.29, 0.717) is 12.8 Å². The normalized spacial score (nSPS) is 16.6. The largest absolute Gasteiger partial charge is 0.467 e. The molecular formula is C19H25NO4. The Bertz CT molecular complexity index is 645. The van der Waals surface area contributed by atoms with Gasteiger partial charge in [-0.2, -0.15) is 0 Å². The summed E-state index contributed by atoms with van der Waals surface area (Å²) in [7, 11) is 1.31. The molecule has 1 saturated carbocycles. The second-order valence-electron chi connectivity index (χ2n) is 6.71. The van der Waals surface area contributed by atoms with E-state index in [1.165, 1.54) is 7.11 Å². The van der Waals surface area contributed by atoms with E-state index >= 15 is 0 Å². The van der Waals surface area contributed by atoms with Crippen molar-refractivity contribution in [2.75, 3.05) is 7.11 Å². The molecule has 130 valence electrons. The molecule has 2 rings (SSSR count). The Morgan fingerprint density at radius 2 is 1.67 bits per heavy atom. The molecule has 1 aromatic carbocycles. The van der Waals surface area contributed by atoms with Crippen molar-refractivity contribution in [1.82, 2.24) is 5.32 Å². The first-order valence-corrected chi connectivity index (χ1v) is 8.25. The van der Waals surface area contributed by atoms with E-state index < -0.39 is 11.5 Å². The Labute approximate surface area is 142 Å². The van der Waals surface area contributed by atoms with Crippen LogP contribution in [0, 0.1) is 20.8 Å². The lowest BCUT2D eigenvalue weighted by molar-refractivity contribution is -0.153. The molecule has 1 amide bonds. The minimum absolute atomic E-state index is 0.119. The highest BCUT2D eigenvalue weighted by atomic mass is 16.5. The van der Waals surface area contributed by atoms with Gasteiger partial charge in [-0.1, -0.05) is 17.7 Å². The molecule has 0 spiro atoms. The molecule has 24 heavy (non-hydrogen) atoms. The second kappa shape index (κ2) is 7.16. The van der Waals surface area contributed by atoms with Gasteiger partial charge in [-0.25, -0.2) is 4.79 Å².